The van der Waals surface area contributed by atoms with Gasteiger partial charge in [0.25, 0.3) is 0 Å². The minimum Gasteiger partial charge on any atom is -0.355 e. The van der Waals surface area contributed by atoms with E-state index in [4.69, 9.17) is 11.6 Å². The maximum Gasteiger partial charge on any atom is 0.417 e. The molecule has 0 saturated carbocycles. The number of carbonyl (C=O) groups excluding carboxylic acids is 1. The molecule has 4 nitrogen and oxygen atoms in total. The molecule has 0 atom stereocenters. The molecule has 1 aliphatic heterocycles. The lowest BCUT2D eigenvalue weighted by molar-refractivity contribution is -0.137. The second kappa shape index (κ2) is 7.31. The number of nitrogens with zero attached hydrogens (tertiary/aromatic N) is 2. The fraction of sp³-hybridized carbons (Fsp3) is 0.375. The van der Waals surface area contributed by atoms with Crippen molar-refractivity contribution in [3.8, 4) is 10.6 Å². The van der Waals surface area contributed by atoms with E-state index in [9.17, 15) is 18.0 Å². The Labute approximate surface area is 151 Å². The van der Waals surface area contributed by atoms with Gasteiger partial charge >= 0.3 is 6.18 Å². The van der Waals surface area contributed by atoms with E-state index < -0.39 is 11.7 Å². The fourth-order valence-corrected chi connectivity index (χ4v) is 3.94. The lowest BCUT2D eigenvalue weighted by Gasteiger charge is -2.17. The number of rotatable bonds is 3. The van der Waals surface area contributed by atoms with Gasteiger partial charge in [0, 0.05) is 43.7 Å². The van der Waals surface area contributed by atoms with Crippen LogP contribution < -0.4 is 5.32 Å². The summed E-state index contributed by atoms with van der Waals surface area (Å²) in [7, 11) is 0. The molecule has 1 N–H and O–H groups in total. The highest BCUT2D eigenvalue weighted by atomic mass is 35.5. The number of halogens is 4. The summed E-state index contributed by atoms with van der Waals surface area (Å²) in [6, 6.07) is 4.62. The van der Waals surface area contributed by atoms with Gasteiger partial charge in [-0.25, -0.2) is 0 Å². The second-order valence-electron chi connectivity index (χ2n) is 5.69. The van der Waals surface area contributed by atoms with Gasteiger partial charge in [0.05, 0.1) is 21.2 Å². The first-order chi connectivity index (χ1) is 11.8. The minimum absolute atomic E-state index is 0.0206. The monoisotopic (exact) mass is 389 g/mol. The average molecular weight is 390 g/mol. The van der Waals surface area contributed by atoms with Gasteiger partial charge in [0.15, 0.2) is 0 Å². The van der Waals surface area contributed by atoms with Crippen molar-refractivity contribution in [3.63, 3.8) is 0 Å². The van der Waals surface area contributed by atoms with E-state index in [-0.39, 0.29) is 10.9 Å². The van der Waals surface area contributed by atoms with Crippen LogP contribution in [-0.4, -0.2) is 35.4 Å². The number of hydrogen-bond donors (Lipinski definition) is 1. The SMILES string of the molecule is O=C1CCN(Cc2ccc(-c3ncc(C(F)(F)F)cc3Cl)s2)CCN1. The van der Waals surface area contributed by atoms with Crippen LogP contribution in [0, 0.1) is 0 Å². The van der Waals surface area contributed by atoms with Crippen LogP contribution in [0.5, 0.6) is 0 Å². The van der Waals surface area contributed by atoms with Crippen molar-refractivity contribution in [2.75, 3.05) is 19.6 Å². The predicted octanol–water partition coefficient (Wildman–Crippen LogP) is 3.80. The van der Waals surface area contributed by atoms with E-state index in [1.807, 2.05) is 12.1 Å². The standard InChI is InChI=1S/C16H15ClF3N3OS/c17-12-7-10(16(18,19)20)8-22-15(12)13-2-1-11(25-13)9-23-5-3-14(24)21-4-6-23/h1-2,7-8H,3-6,9H2,(H,21,24). The quantitative estimate of drug-likeness (QED) is 0.868. The number of carbonyl (C=O) groups is 1. The van der Waals surface area contributed by atoms with Crippen molar-refractivity contribution in [2.24, 2.45) is 0 Å². The normalized spacial score (nSPS) is 16.6. The van der Waals surface area contributed by atoms with Gasteiger partial charge in [-0.15, -0.1) is 11.3 Å². The van der Waals surface area contributed by atoms with Crippen molar-refractivity contribution in [2.45, 2.75) is 19.1 Å². The number of thiophene rings is 1. The molecule has 134 valence electrons. The third-order valence-electron chi connectivity index (χ3n) is 3.85. The molecule has 3 heterocycles. The van der Waals surface area contributed by atoms with Crippen molar-refractivity contribution < 1.29 is 18.0 Å². The average Bonchev–Trinajstić information content (AvgIpc) is 2.89. The molecular weight excluding hydrogens is 375 g/mol. The molecule has 0 spiro atoms. The Morgan fingerprint density at radius 2 is 2.12 bits per heavy atom. The van der Waals surface area contributed by atoms with Crippen LogP contribution in [0.4, 0.5) is 13.2 Å². The zero-order chi connectivity index (χ0) is 18.0. The van der Waals surface area contributed by atoms with Gasteiger partial charge in [0.1, 0.15) is 0 Å². The van der Waals surface area contributed by atoms with E-state index in [0.717, 1.165) is 28.6 Å². The number of hydrogen-bond acceptors (Lipinski definition) is 4. The maximum absolute atomic E-state index is 12.7. The van der Waals surface area contributed by atoms with E-state index in [1.54, 1.807) is 0 Å². The number of aromatic nitrogens is 1. The molecule has 3 rings (SSSR count). The van der Waals surface area contributed by atoms with E-state index in [0.29, 0.717) is 31.7 Å². The Morgan fingerprint density at radius 3 is 2.84 bits per heavy atom. The highest BCUT2D eigenvalue weighted by molar-refractivity contribution is 7.15. The molecule has 25 heavy (non-hydrogen) atoms. The molecule has 2 aromatic rings. The van der Waals surface area contributed by atoms with Crippen LogP contribution in [0.2, 0.25) is 5.02 Å². The number of amides is 1. The fourth-order valence-electron chi connectivity index (χ4n) is 2.56. The van der Waals surface area contributed by atoms with Crippen molar-refractivity contribution in [1.29, 1.82) is 0 Å². The molecule has 1 saturated heterocycles. The molecule has 2 aromatic heterocycles. The zero-order valence-electron chi connectivity index (χ0n) is 13.1. The summed E-state index contributed by atoms with van der Waals surface area (Å²) in [5.41, 5.74) is -0.515. The van der Waals surface area contributed by atoms with E-state index >= 15 is 0 Å². The summed E-state index contributed by atoms with van der Waals surface area (Å²) in [5.74, 6) is 0.0510. The molecular formula is C16H15ClF3N3OS. The van der Waals surface area contributed by atoms with Gasteiger partial charge in [-0.3, -0.25) is 14.7 Å². The van der Waals surface area contributed by atoms with Gasteiger partial charge in [-0.1, -0.05) is 11.6 Å². The summed E-state index contributed by atoms with van der Waals surface area (Å²) < 4.78 is 38.1. The maximum atomic E-state index is 12.7. The highest BCUT2D eigenvalue weighted by Crippen LogP contribution is 2.36. The Morgan fingerprint density at radius 1 is 1.32 bits per heavy atom. The van der Waals surface area contributed by atoms with Crippen molar-refractivity contribution in [1.82, 2.24) is 15.2 Å². The topological polar surface area (TPSA) is 45.2 Å². The second-order valence-corrected chi connectivity index (χ2v) is 7.27. The van der Waals surface area contributed by atoms with Crippen LogP contribution in [-0.2, 0) is 17.5 Å². The molecule has 0 bridgehead atoms. The molecule has 0 aromatic carbocycles. The van der Waals surface area contributed by atoms with Crippen molar-refractivity contribution >= 4 is 28.8 Å². The molecule has 0 radical (unpaired) electrons. The van der Waals surface area contributed by atoms with Gasteiger partial charge in [0.2, 0.25) is 5.91 Å². The van der Waals surface area contributed by atoms with Gasteiger partial charge in [-0.2, -0.15) is 13.2 Å². The predicted molar refractivity (Wildman–Crippen MR) is 90.5 cm³/mol. The van der Waals surface area contributed by atoms with E-state index in [1.165, 1.54) is 11.3 Å². The first-order valence-corrected chi connectivity index (χ1v) is 8.83. The first-order valence-electron chi connectivity index (χ1n) is 7.64. The molecule has 9 heteroatoms. The minimum atomic E-state index is -4.46. The van der Waals surface area contributed by atoms with Crippen LogP contribution in [0.25, 0.3) is 10.6 Å². The smallest absolute Gasteiger partial charge is 0.355 e. The van der Waals surface area contributed by atoms with Crippen LogP contribution in [0.3, 0.4) is 0 Å². The lowest BCUT2D eigenvalue weighted by atomic mass is 10.2. The Balaban J connectivity index is 1.74. The molecule has 1 amide bonds. The Hall–Kier alpha value is -1.64. The Kier molecular flexibility index (Phi) is 5.31. The summed E-state index contributed by atoms with van der Waals surface area (Å²) in [5, 5.41) is 2.80. The van der Waals surface area contributed by atoms with Gasteiger partial charge in [-0.05, 0) is 18.2 Å². The van der Waals surface area contributed by atoms with Crippen molar-refractivity contribution in [3.05, 3.63) is 39.9 Å². The largest absolute Gasteiger partial charge is 0.417 e. The molecule has 1 aliphatic rings. The van der Waals surface area contributed by atoms with E-state index in [2.05, 4.69) is 15.2 Å². The lowest BCUT2D eigenvalue weighted by Crippen LogP contribution is -2.27. The summed E-state index contributed by atoms with van der Waals surface area (Å²) in [4.78, 5) is 19.2. The number of pyridine rings is 1. The van der Waals surface area contributed by atoms with Crippen LogP contribution >= 0.6 is 22.9 Å². The molecule has 0 aliphatic carbocycles. The third-order valence-corrected chi connectivity index (χ3v) is 5.21. The van der Waals surface area contributed by atoms with Gasteiger partial charge < -0.3 is 5.32 Å². The summed E-state index contributed by atoms with van der Waals surface area (Å²) in [6.45, 7) is 2.73. The summed E-state index contributed by atoms with van der Waals surface area (Å²) in [6.07, 6.45) is -3.20. The molecule has 0 unspecified atom stereocenters. The number of nitrogens with one attached hydrogen (secondary N) is 1. The summed E-state index contributed by atoms with van der Waals surface area (Å²) >= 11 is 7.44. The van der Waals surface area contributed by atoms with Crippen LogP contribution in [0.15, 0.2) is 24.4 Å². The highest BCUT2D eigenvalue weighted by Gasteiger charge is 2.31. The zero-order valence-corrected chi connectivity index (χ0v) is 14.6. The third kappa shape index (κ3) is 4.50. The number of alkyl halides is 3. The first kappa shape index (κ1) is 18.2. The van der Waals surface area contributed by atoms with Crippen LogP contribution in [0.1, 0.15) is 16.9 Å². The molecule has 1 fully saturated rings. The Bertz CT molecular complexity index is 778.